The number of ether oxygens (including phenoxy) is 1. The van der Waals surface area contributed by atoms with E-state index in [4.69, 9.17) is 16.3 Å². The van der Waals surface area contributed by atoms with Gasteiger partial charge in [-0.25, -0.2) is 17.5 Å². The van der Waals surface area contributed by atoms with E-state index in [0.29, 0.717) is 11.4 Å². The number of nitrogens with zero attached hydrogens (tertiary/aromatic N) is 1. The summed E-state index contributed by atoms with van der Waals surface area (Å²) in [6, 6.07) is 21.1. The molecule has 2 aliphatic rings. The number of fused-ring (bicyclic) bond motifs is 3. The summed E-state index contributed by atoms with van der Waals surface area (Å²) in [5, 5.41) is 4.03. The maximum absolute atomic E-state index is 13.8. The molecule has 5 rings (SSSR count). The molecule has 0 radical (unpaired) electrons. The van der Waals surface area contributed by atoms with Crippen LogP contribution in [0.25, 0.3) is 0 Å². The molecule has 1 heterocycles. The normalized spacial score (nSPS) is 20.3. The first-order valence-corrected chi connectivity index (χ1v) is 15.1. The average molecular weight is 616 g/mol. The van der Waals surface area contributed by atoms with E-state index in [-0.39, 0.29) is 24.1 Å². The molecule has 1 fully saturated rings. The van der Waals surface area contributed by atoms with E-state index in [0.717, 1.165) is 50.4 Å². The minimum absolute atomic E-state index is 0.0252. The van der Waals surface area contributed by atoms with Crippen molar-refractivity contribution in [3.8, 4) is 0 Å². The Kier molecular flexibility index (Phi) is 7.58. The van der Waals surface area contributed by atoms with Gasteiger partial charge in [-0.1, -0.05) is 70.0 Å². The molecule has 9 heteroatoms. The highest BCUT2D eigenvalue weighted by Gasteiger charge is 2.51. The number of anilines is 1. The highest BCUT2D eigenvalue weighted by molar-refractivity contribution is 9.10. The van der Waals surface area contributed by atoms with Crippen molar-refractivity contribution in [3.05, 3.63) is 106 Å². The van der Waals surface area contributed by atoms with Crippen molar-refractivity contribution in [1.82, 2.24) is 4.31 Å². The van der Waals surface area contributed by atoms with E-state index < -0.39 is 21.5 Å². The fourth-order valence-corrected chi connectivity index (χ4v) is 7.41. The molecule has 2 atom stereocenters. The molecule has 0 bridgehead atoms. The van der Waals surface area contributed by atoms with Gasteiger partial charge < -0.3 is 10.1 Å². The van der Waals surface area contributed by atoms with Gasteiger partial charge in [0.2, 0.25) is 0 Å². The molecule has 0 unspecified atom stereocenters. The summed E-state index contributed by atoms with van der Waals surface area (Å²) in [6.07, 6.45) is 2.22. The highest BCUT2D eigenvalue weighted by Crippen LogP contribution is 2.53. The second-order valence-corrected chi connectivity index (χ2v) is 12.9. The van der Waals surface area contributed by atoms with Crippen LogP contribution in [0.5, 0.6) is 0 Å². The fraction of sp³-hybridized carbons (Fsp3) is 0.276. The Hall–Kier alpha value is -2.81. The summed E-state index contributed by atoms with van der Waals surface area (Å²) in [7, 11) is -4.22. The van der Waals surface area contributed by atoms with Crippen LogP contribution in [0.2, 0.25) is 5.02 Å². The number of hydrogen-bond acceptors (Lipinski definition) is 5. The van der Waals surface area contributed by atoms with Crippen LogP contribution in [0, 0.1) is 0 Å². The van der Waals surface area contributed by atoms with Crippen LogP contribution in [0.4, 0.5) is 10.5 Å². The van der Waals surface area contributed by atoms with Crippen LogP contribution >= 0.6 is 27.5 Å². The predicted molar refractivity (Wildman–Crippen MR) is 153 cm³/mol. The highest BCUT2D eigenvalue weighted by atomic mass is 79.9. The van der Waals surface area contributed by atoms with Crippen molar-refractivity contribution >= 4 is 49.3 Å². The van der Waals surface area contributed by atoms with Crippen molar-refractivity contribution in [2.75, 3.05) is 11.9 Å². The van der Waals surface area contributed by atoms with E-state index in [1.807, 2.05) is 42.5 Å². The van der Waals surface area contributed by atoms with Gasteiger partial charge in [0, 0.05) is 33.2 Å². The molecular weight excluding hydrogens is 588 g/mol. The van der Waals surface area contributed by atoms with Crippen LogP contribution in [0.1, 0.15) is 36.8 Å². The first-order chi connectivity index (χ1) is 18.2. The second kappa shape index (κ2) is 10.8. The number of amides is 1. The lowest BCUT2D eigenvalue weighted by molar-refractivity contribution is 0.117. The monoisotopic (exact) mass is 614 g/mol. The van der Waals surface area contributed by atoms with E-state index in [9.17, 15) is 13.2 Å². The van der Waals surface area contributed by atoms with Crippen molar-refractivity contribution in [1.29, 1.82) is 0 Å². The number of hydrogen-bond donors (Lipinski definition) is 1. The molecule has 1 N–H and O–H groups in total. The SMILES string of the molecule is C=C1CCC[C@@H]2Nc3ccc(Br)cc3[C@]12CCN(C(=O)OCc1ccccc1)S(=O)(=O)c1ccc(Cl)cc1. The Balaban J connectivity index is 1.49. The molecule has 0 saturated heterocycles. The third-order valence-electron chi connectivity index (χ3n) is 7.51. The first-order valence-electron chi connectivity index (χ1n) is 12.5. The Bertz CT molecular complexity index is 1460. The Morgan fingerprint density at radius 3 is 2.61 bits per heavy atom. The summed E-state index contributed by atoms with van der Waals surface area (Å²) in [5.41, 5.74) is 3.38. The van der Waals surface area contributed by atoms with Crippen molar-refractivity contribution in [3.63, 3.8) is 0 Å². The van der Waals surface area contributed by atoms with Gasteiger partial charge >= 0.3 is 6.09 Å². The van der Waals surface area contributed by atoms with Crippen LogP contribution in [-0.4, -0.2) is 31.4 Å². The van der Waals surface area contributed by atoms with Crippen molar-refractivity contribution in [2.45, 2.75) is 48.6 Å². The topological polar surface area (TPSA) is 75.7 Å². The third kappa shape index (κ3) is 4.97. The van der Waals surface area contributed by atoms with E-state index in [2.05, 4.69) is 33.9 Å². The van der Waals surface area contributed by atoms with Gasteiger partial charge in [-0.3, -0.25) is 0 Å². The largest absolute Gasteiger partial charge is 0.444 e. The maximum Gasteiger partial charge on any atom is 0.424 e. The number of nitrogens with one attached hydrogen (secondary N) is 1. The quantitative estimate of drug-likeness (QED) is 0.283. The lowest BCUT2D eigenvalue weighted by Gasteiger charge is -2.42. The minimum Gasteiger partial charge on any atom is -0.444 e. The molecule has 1 aliphatic carbocycles. The zero-order valence-corrected chi connectivity index (χ0v) is 23.9. The van der Waals surface area contributed by atoms with Gasteiger partial charge in [0.25, 0.3) is 10.0 Å². The van der Waals surface area contributed by atoms with E-state index >= 15 is 0 Å². The summed E-state index contributed by atoms with van der Waals surface area (Å²) in [6.45, 7) is 4.33. The third-order valence-corrected chi connectivity index (χ3v) is 10.0. The standard InChI is InChI=1S/C29H28BrClN2O4S/c1-20-6-5-9-27-29(20,25-18-22(30)10-15-26(25)32-27)16-17-33(28(34)37-19-21-7-3-2-4-8-21)38(35,36)24-13-11-23(31)12-14-24/h2-4,7-8,10-15,18,27,32H,1,5-6,9,16-17,19H2/t27-,29-/m0/s1. The fourth-order valence-electron chi connectivity index (χ4n) is 5.61. The van der Waals surface area contributed by atoms with Gasteiger partial charge in [-0.05, 0) is 79.3 Å². The number of carbonyl (C=O) groups excluding carboxylic acids is 1. The Morgan fingerprint density at radius 1 is 1.13 bits per heavy atom. The summed E-state index contributed by atoms with van der Waals surface area (Å²) in [5.74, 6) is 0. The summed E-state index contributed by atoms with van der Waals surface area (Å²) in [4.78, 5) is 13.4. The summed E-state index contributed by atoms with van der Waals surface area (Å²) >= 11 is 9.59. The smallest absolute Gasteiger partial charge is 0.424 e. The molecular formula is C29H28BrClN2O4S. The summed E-state index contributed by atoms with van der Waals surface area (Å²) < 4.78 is 34.9. The van der Waals surface area contributed by atoms with E-state index in [1.54, 1.807) is 0 Å². The molecule has 1 saturated carbocycles. The van der Waals surface area contributed by atoms with Gasteiger partial charge in [0.05, 0.1) is 4.90 Å². The van der Waals surface area contributed by atoms with Crippen LogP contribution < -0.4 is 5.32 Å². The van der Waals surface area contributed by atoms with Gasteiger partial charge in [-0.15, -0.1) is 0 Å². The molecule has 0 spiro atoms. The molecule has 3 aromatic rings. The lowest BCUT2D eigenvalue weighted by atomic mass is 9.63. The van der Waals surface area contributed by atoms with Gasteiger partial charge in [0.1, 0.15) is 6.61 Å². The zero-order chi connectivity index (χ0) is 26.9. The number of rotatable bonds is 7. The molecule has 6 nitrogen and oxygen atoms in total. The van der Waals surface area contributed by atoms with Crippen molar-refractivity contribution in [2.24, 2.45) is 0 Å². The number of halogens is 2. The predicted octanol–water partition coefficient (Wildman–Crippen LogP) is 7.29. The molecule has 38 heavy (non-hydrogen) atoms. The number of sulfonamides is 1. The maximum atomic E-state index is 13.8. The zero-order valence-electron chi connectivity index (χ0n) is 20.7. The lowest BCUT2D eigenvalue weighted by Crippen LogP contribution is -2.47. The molecule has 3 aromatic carbocycles. The molecule has 1 amide bonds. The van der Waals surface area contributed by atoms with Crippen molar-refractivity contribution < 1.29 is 17.9 Å². The Morgan fingerprint density at radius 2 is 1.87 bits per heavy atom. The number of carbonyl (C=O) groups is 1. The molecule has 198 valence electrons. The van der Waals surface area contributed by atoms with Crippen LogP contribution in [0.3, 0.4) is 0 Å². The van der Waals surface area contributed by atoms with Gasteiger partial charge in [0.15, 0.2) is 0 Å². The first kappa shape index (κ1) is 26.8. The van der Waals surface area contributed by atoms with E-state index in [1.165, 1.54) is 24.3 Å². The van der Waals surface area contributed by atoms with Gasteiger partial charge in [-0.2, -0.15) is 0 Å². The molecule has 1 aliphatic heterocycles. The Labute approximate surface area is 236 Å². The minimum atomic E-state index is -4.22. The van der Waals surface area contributed by atoms with Crippen LogP contribution in [-0.2, 0) is 26.8 Å². The average Bonchev–Trinajstić information content (AvgIpc) is 3.23. The van der Waals surface area contributed by atoms with Crippen LogP contribution in [0.15, 0.2) is 94.3 Å². The second-order valence-electron chi connectivity index (χ2n) is 9.68. The number of benzene rings is 3. The molecule has 0 aromatic heterocycles.